The number of ether oxygens (including phenoxy) is 1. The molecule has 1 fully saturated rings. The van der Waals surface area contributed by atoms with Crippen molar-refractivity contribution in [1.29, 1.82) is 0 Å². The maximum Gasteiger partial charge on any atom is 0.260 e. The second kappa shape index (κ2) is 7.40. The number of hydrogen-bond acceptors (Lipinski definition) is 5. The lowest BCUT2D eigenvalue weighted by Crippen LogP contribution is -2.50. The van der Waals surface area contributed by atoms with Gasteiger partial charge in [-0.05, 0) is 36.8 Å². The van der Waals surface area contributed by atoms with Gasteiger partial charge in [-0.15, -0.1) is 0 Å². The third kappa shape index (κ3) is 3.95. The number of carbonyl (C=O) groups is 1. The number of carbonyl (C=O) groups excluding carboxylic acids is 1. The average molecular weight is 384 g/mol. The number of benzene rings is 2. The first-order chi connectivity index (χ1) is 13.1. The van der Waals surface area contributed by atoms with Crippen molar-refractivity contribution in [3.05, 3.63) is 65.0 Å². The van der Waals surface area contributed by atoms with Crippen LogP contribution in [-0.2, 0) is 4.79 Å². The highest BCUT2D eigenvalue weighted by Crippen LogP contribution is 2.28. The molecule has 1 aromatic heterocycles. The fourth-order valence-electron chi connectivity index (χ4n) is 2.93. The van der Waals surface area contributed by atoms with Gasteiger partial charge in [0.15, 0.2) is 6.61 Å². The zero-order chi connectivity index (χ0) is 18.8. The van der Waals surface area contributed by atoms with Gasteiger partial charge in [-0.1, -0.05) is 41.0 Å². The number of halogens is 1. The molecule has 1 amide bonds. The summed E-state index contributed by atoms with van der Waals surface area (Å²) in [4.78, 5) is 18.4. The zero-order valence-electron chi connectivity index (χ0n) is 14.8. The summed E-state index contributed by atoms with van der Waals surface area (Å²) >= 11 is 6.00. The molecule has 3 aromatic rings. The summed E-state index contributed by atoms with van der Waals surface area (Å²) in [6, 6.07) is 14.9. The Kier molecular flexibility index (Phi) is 4.81. The number of nitrogens with zero attached hydrogens (tertiary/aromatic N) is 3. The number of amides is 1. The molecule has 0 atom stereocenters. The average Bonchev–Trinajstić information content (AvgIpc) is 3.08. The minimum atomic E-state index is -0.0534. The lowest BCUT2D eigenvalue weighted by molar-refractivity contribution is -0.138. The molecule has 1 aliphatic rings. The van der Waals surface area contributed by atoms with E-state index in [0.29, 0.717) is 35.6 Å². The molecule has 4 rings (SSSR count). The summed E-state index contributed by atoms with van der Waals surface area (Å²) < 4.78 is 10.9. The van der Waals surface area contributed by atoms with Crippen LogP contribution in [0.4, 0.5) is 0 Å². The zero-order valence-corrected chi connectivity index (χ0v) is 15.5. The molecule has 0 saturated carbocycles. The monoisotopic (exact) mass is 383 g/mol. The molecule has 0 N–H and O–H groups in total. The summed E-state index contributed by atoms with van der Waals surface area (Å²) in [5.74, 6) is 1.73. The molecular formula is C20H18ClN3O3. The van der Waals surface area contributed by atoms with Gasteiger partial charge in [-0.25, -0.2) is 0 Å². The number of likely N-dealkylation sites (tertiary alicyclic amines) is 1. The lowest BCUT2D eigenvalue weighted by Gasteiger charge is -2.36. The highest BCUT2D eigenvalue weighted by Gasteiger charge is 2.35. The molecule has 1 aliphatic heterocycles. The molecule has 2 heterocycles. The summed E-state index contributed by atoms with van der Waals surface area (Å²) in [5.41, 5.74) is 1.90. The van der Waals surface area contributed by atoms with Gasteiger partial charge in [0.1, 0.15) is 5.75 Å². The van der Waals surface area contributed by atoms with E-state index in [-0.39, 0.29) is 18.4 Å². The molecule has 0 spiro atoms. The Morgan fingerprint density at radius 2 is 2.07 bits per heavy atom. The van der Waals surface area contributed by atoms with Crippen LogP contribution in [0.1, 0.15) is 17.4 Å². The van der Waals surface area contributed by atoms with E-state index < -0.39 is 0 Å². The Hall–Kier alpha value is -2.86. The van der Waals surface area contributed by atoms with Crippen LogP contribution in [0.15, 0.2) is 53.1 Å². The summed E-state index contributed by atoms with van der Waals surface area (Å²) in [5, 5.41) is 4.63. The normalized spacial score (nSPS) is 14.1. The molecule has 6 nitrogen and oxygen atoms in total. The molecule has 7 heteroatoms. The molecule has 0 unspecified atom stereocenters. The van der Waals surface area contributed by atoms with Gasteiger partial charge >= 0.3 is 0 Å². The van der Waals surface area contributed by atoms with Crippen molar-refractivity contribution < 1.29 is 14.1 Å². The molecule has 0 bridgehead atoms. The SMILES string of the molecule is Cc1cccc(OCC(=O)N2CC(c3nc(-c4cccc(Cl)c4)no3)C2)c1. The van der Waals surface area contributed by atoms with E-state index in [1.54, 1.807) is 17.0 Å². The van der Waals surface area contributed by atoms with Crippen LogP contribution in [-0.4, -0.2) is 40.6 Å². The van der Waals surface area contributed by atoms with Crippen LogP contribution in [0.5, 0.6) is 5.75 Å². The summed E-state index contributed by atoms with van der Waals surface area (Å²) in [7, 11) is 0. The summed E-state index contributed by atoms with van der Waals surface area (Å²) in [6.07, 6.45) is 0. The van der Waals surface area contributed by atoms with Gasteiger partial charge in [0.25, 0.3) is 5.91 Å². The van der Waals surface area contributed by atoms with E-state index in [1.807, 2.05) is 43.3 Å². The molecule has 0 radical (unpaired) electrons. The van der Waals surface area contributed by atoms with Crippen molar-refractivity contribution in [2.75, 3.05) is 19.7 Å². The van der Waals surface area contributed by atoms with Gasteiger partial charge in [0.05, 0.1) is 5.92 Å². The van der Waals surface area contributed by atoms with Gasteiger partial charge in [0, 0.05) is 23.7 Å². The molecule has 1 saturated heterocycles. The Labute approximate surface area is 161 Å². The van der Waals surface area contributed by atoms with Crippen LogP contribution in [0, 0.1) is 6.92 Å². The van der Waals surface area contributed by atoms with Crippen LogP contribution in [0.2, 0.25) is 5.02 Å². The second-order valence-electron chi connectivity index (χ2n) is 6.57. The van der Waals surface area contributed by atoms with E-state index in [0.717, 1.165) is 11.1 Å². The number of aryl methyl sites for hydroxylation is 1. The van der Waals surface area contributed by atoms with Crippen molar-refractivity contribution in [2.24, 2.45) is 0 Å². The highest BCUT2D eigenvalue weighted by atomic mass is 35.5. The molecule has 27 heavy (non-hydrogen) atoms. The Morgan fingerprint density at radius 3 is 2.85 bits per heavy atom. The van der Waals surface area contributed by atoms with Crippen molar-refractivity contribution in [2.45, 2.75) is 12.8 Å². The topological polar surface area (TPSA) is 68.5 Å². The molecule has 2 aromatic carbocycles. The first-order valence-corrected chi connectivity index (χ1v) is 9.03. The largest absolute Gasteiger partial charge is 0.484 e. The lowest BCUT2D eigenvalue weighted by atomic mass is 10.0. The van der Waals surface area contributed by atoms with Gasteiger partial charge in [-0.3, -0.25) is 4.79 Å². The van der Waals surface area contributed by atoms with Crippen LogP contribution in [0.25, 0.3) is 11.4 Å². The van der Waals surface area contributed by atoms with Crippen molar-refractivity contribution in [1.82, 2.24) is 15.0 Å². The van der Waals surface area contributed by atoms with Crippen LogP contribution >= 0.6 is 11.6 Å². The first-order valence-electron chi connectivity index (χ1n) is 8.65. The van der Waals surface area contributed by atoms with E-state index >= 15 is 0 Å². The van der Waals surface area contributed by atoms with Crippen LogP contribution < -0.4 is 4.74 Å². The van der Waals surface area contributed by atoms with Gasteiger partial charge in [0.2, 0.25) is 11.7 Å². The van der Waals surface area contributed by atoms with E-state index in [9.17, 15) is 4.79 Å². The molecule has 138 valence electrons. The second-order valence-corrected chi connectivity index (χ2v) is 7.00. The van der Waals surface area contributed by atoms with Crippen molar-refractivity contribution >= 4 is 17.5 Å². The Bertz CT molecular complexity index is 966. The predicted molar refractivity (Wildman–Crippen MR) is 101 cm³/mol. The number of aromatic nitrogens is 2. The van der Waals surface area contributed by atoms with E-state index in [1.165, 1.54) is 0 Å². The Balaban J connectivity index is 1.31. The van der Waals surface area contributed by atoms with Gasteiger partial charge in [-0.2, -0.15) is 4.98 Å². The maximum atomic E-state index is 12.2. The predicted octanol–water partition coefficient (Wildman–Crippen LogP) is 3.70. The third-order valence-corrected chi connectivity index (χ3v) is 4.69. The minimum absolute atomic E-state index is 0.0216. The number of hydrogen-bond donors (Lipinski definition) is 0. The Morgan fingerprint density at radius 1 is 1.26 bits per heavy atom. The standard InChI is InChI=1S/C20H18ClN3O3/c1-13-4-2-7-17(8-13)26-12-18(25)24-10-15(11-24)20-22-19(23-27-20)14-5-3-6-16(21)9-14/h2-9,15H,10-12H2,1H3. The molecular weight excluding hydrogens is 366 g/mol. The van der Waals surface area contributed by atoms with Crippen molar-refractivity contribution in [3.8, 4) is 17.1 Å². The maximum absolute atomic E-state index is 12.2. The van der Waals surface area contributed by atoms with E-state index in [2.05, 4.69) is 10.1 Å². The van der Waals surface area contributed by atoms with E-state index in [4.69, 9.17) is 20.9 Å². The highest BCUT2D eigenvalue weighted by molar-refractivity contribution is 6.30. The fourth-order valence-corrected chi connectivity index (χ4v) is 3.12. The number of rotatable bonds is 5. The van der Waals surface area contributed by atoms with Crippen LogP contribution in [0.3, 0.4) is 0 Å². The fraction of sp³-hybridized carbons (Fsp3) is 0.250. The minimum Gasteiger partial charge on any atom is -0.484 e. The molecule has 0 aliphatic carbocycles. The smallest absolute Gasteiger partial charge is 0.260 e. The first kappa shape index (κ1) is 17.5. The summed E-state index contributed by atoms with van der Waals surface area (Å²) in [6.45, 7) is 3.10. The third-order valence-electron chi connectivity index (χ3n) is 4.46. The van der Waals surface area contributed by atoms with Gasteiger partial charge < -0.3 is 14.2 Å². The van der Waals surface area contributed by atoms with Crippen molar-refractivity contribution in [3.63, 3.8) is 0 Å². The quantitative estimate of drug-likeness (QED) is 0.672.